The molecule has 0 bridgehead atoms. The molecule has 1 unspecified atom stereocenters. The summed E-state index contributed by atoms with van der Waals surface area (Å²) in [5.74, 6) is -0.409. The molecular formula is C33H38FN5O3S. The van der Waals surface area contributed by atoms with Gasteiger partial charge in [0.1, 0.15) is 16.5 Å². The first kappa shape index (κ1) is 30.4. The third-order valence-corrected chi connectivity index (χ3v) is 10.1. The van der Waals surface area contributed by atoms with Crippen molar-refractivity contribution in [1.82, 2.24) is 15.1 Å². The molecule has 1 aromatic heterocycles. The van der Waals surface area contributed by atoms with Crippen LogP contribution in [0.1, 0.15) is 55.7 Å². The number of amides is 2. The van der Waals surface area contributed by atoms with Gasteiger partial charge in [0.25, 0.3) is 0 Å². The Morgan fingerprint density at radius 3 is 2.26 bits per heavy atom. The van der Waals surface area contributed by atoms with Gasteiger partial charge in [0.2, 0.25) is 0 Å². The summed E-state index contributed by atoms with van der Waals surface area (Å²) >= 11 is 0. The number of piperidine rings is 1. The summed E-state index contributed by atoms with van der Waals surface area (Å²) in [6, 6.07) is 21.6. The minimum Gasteiger partial charge on any atom is -0.317 e. The maximum absolute atomic E-state index is 14.7. The SMILES string of the molecule is Cc1ccc(-n2nc(C(C)(C)C)cc2NC(=O)Nc2ccc(C(C3CCNCC3)S(=O)(=O)c3ccccc3F)cc2)cc1. The van der Waals surface area contributed by atoms with Crippen LogP contribution in [0.5, 0.6) is 0 Å². The van der Waals surface area contributed by atoms with Gasteiger partial charge in [0.05, 0.1) is 16.6 Å². The third-order valence-electron chi connectivity index (χ3n) is 7.78. The average Bonchev–Trinajstić information content (AvgIpc) is 3.39. The number of carbonyl (C=O) groups is 1. The van der Waals surface area contributed by atoms with Crippen LogP contribution in [0.2, 0.25) is 0 Å². The van der Waals surface area contributed by atoms with Gasteiger partial charge in [-0.15, -0.1) is 0 Å². The minimum absolute atomic E-state index is 0.174. The zero-order valence-electron chi connectivity index (χ0n) is 24.9. The molecule has 1 aliphatic rings. The van der Waals surface area contributed by atoms with E-state index in [1.807, 2.05) is 37.3 Å². The van der Waals surface area contributed by atoms with Gasteiger partial charge < -0.3 is 10.6 Å². The molecule has 5 rings (SSSR count). The van der Waals surface area contributed by atoms with E-state index >= 15 is 0 Å². The van der Waals surface area contributed by atoms with Crippen molar-refractivity contribution in [3.05, 3.63) is 102 Å². The highest BCUT2D eigenvalue weighted by Crippen LogP contribution is 2.40. The van der Waals surface area contributed by atoms with Crippen molar-refractivity contribution in [1.29, 1.82) is 0 Å². The zero-order chi connectivity index (χ0) is 30.8. The summed E-state index contributed by atoms with van der Waals surface area (Å²) in [6.07, 6.45) is 1.32. The summed E-state index contributed by atoms with van der Waals surface area (Å²) in [6.45, 7) is 9.58. The predicted octanol–water partition coefficient (Wildman–Crippen LogP) is 6.78. The summed E-state index contributed by atoms with van der Waals surface area (Å²) in [7, 11) is -4.02. The number of hydrogen-bond acceptors (Lipinski definition) is 5. The van der Waals surface area contributed by atoms with Crippen LogP contribution in [-0.4, -0.2) is 37.3 Å². The Balaban J connectivity index is 1.38. The summed E-state index contributed by atoms with van der Waals surface area (Å²) in [4.78, 5) is 12.8. The van der Waals surface area contributed by atoms with Crippen LogP contribution < -0.4 is 16.0 Å². The molecule has 3 N–H and O–H groups in total. The van der Waals surface area contributed by atoms with E-state index in [1.54, 1.807) is 28.9 Å². The highest BCUT2D eigenvalue weighted by atomic mass is 32.2. The van der Waals surface area contributed by atoms with Crippen molar-refractivity contribution >= 4 is 27.4 Å². The molecule has 10 heteroatoms. The van der Waals surface area contributed by atoms with E-state index in [2.05, 4.69) is 36.7 Å². The maximum atomic E-state index is 14.7. The second-order valence-electron chi connectivity index (χ2n) is 12.1. The smallest absolute Gasteiger partial charge is 0.317 e. The van der Waals surface area contributed by atoms with Gasteiger partial charge in [-0.1, -0.05) is 62.7 Å². The Morgan fingerprint density at radius 2 is 1.63 bits per heavy atom. The highest BCUT2D eigenvalue weighted by Gasteiger charge is 2.38. The van der Waals surface area contributed by atoms with Gasteiger partial charge in [-0.25, -0.2) is 22.3 Å². The van der Waals surface area contributed by atoms with Crippen LogP contribution in [0, 0.1) is 18.7 Å². The van der Waals surface area contributed by atoms with Crippen molar-refractivity contribution in [2.45, 2.75) is 56.1 Å². The number of aryl methyl sites for hydroxylation is 1. The number of halogens is 1. The largest absolute Gasteiger partial charge is 0.324 e. The van der Waals surface area contributed by atoms with Crippen LogP contribution in [-0.2, 0) is 15.3 Å². The van der Waals surface area contributed by atoms with E-state index in [9.17, 15) is 17.6 Å². The lowest BCUT2D eigenvalue weighted by Crippen LogP contribution is -2.34. The molecule has 2 heterocycles. The monoisotopic (exact) mass is 603 g/mol. The number of sulfone groups is 1. The Hall–Kier alpha value is -4.02. The van der Waals surface area contributed by atoms with Crippen LogP contribution in [0.25, 0.3) is 5.69 Å². The lowest BCUT2D eigenvalue weighted by Gasteiger charge is -2.31. The van der Waals surface area contributed by atoms with Gasteiger partial charge in [-0.3, -0.25) is 5.32 Å². The van der Waals surface area contributed by atoms with E-state index < -0.39 is 26.9 Å². The number of nitrogens with zero attached hydrogens (tertiary/aromatic N) is 2. The molecule has 0 spiro atoms. The first-order chi connectivity index (χ1) is 20.4. The molecule has 0 aliphatic carbocycles. The quantitative estimate of drug-likeness (QED) is 0.216. The molecule has 1 aliphatic heterocycles. The topological polar surface area (TPSA) is 105 Å². The zero-order valence-corrected chi connectivity index (χ0v) is 25.7. The van der Waals surface area contributed by atoms with Crippen LogP contribution in [0.4, 0.5) is 20.7 Å². The lowest BCUT2D eigenvalue weighted by atomic mass is 9.90. The summed E-state index contributed by atoms with van der Waals surface area (Å²) < 4.78 is 44.0. The number of nitrogens with one attached hydrogen (secondary N) is 3. The van der Waals surface area contributed by atoms with Crippen molar-refractivity contribution in [2.24, 2.45) is 5.92 Å². The summed E-state index contributed by atoms with van der Waals surface area (Å²) in [5.41, 5.74) is 3.59. The third kappa shape index (κ3) is 6.81. The maximum Gasteiger partial charge on any atom is 0.324 e. The second kappa shape index (κ2) is 12.3. The Morgan fingerprint density at radius 1 is 0.977 bits per heavy atom. The normalized spacial score (nSPS) is 15.2. The average molecular weight is 604 g/mol. The number of anilines is 2. The van der Waals surface area contributed by atoms with Gasteiger partial charge in [0, 0.05) is 17.2 Å². The molecule has 43 heavy (non-hydrogen) atoms. The molecule has 1 saturated heterocycles. The molecule has 0 radical (unpaired) electrons. The van der Waals surface area contributed by atoms with Crippen molar-refractivity contribution in [3.8, 4) is 5.69 Å². The van der Waals surface area contributed by atoms with E-state index in [0.29, 0.717) is 43.0 Å². The van der Waals surface area contributed by atoms with Gasteiger partial charge in [-0.05, 0) is 80.7 Å². The standard InChI is InChI=1S/C33H38FN5O3S/c1-22-9-15-26(16-10-22)39-30(21-29(38-39)33(2,3)4)37-32(40)36-25-13-11-23(12-14-25)31(24-17-19-35-20-18-24)43(41,42)28-8-6-5-7-27(28)34/h5-16,21,24,31,35H,17-20H2,1-4H3,(H2,36,37,40). The van der Waals surface area contributed by atoms with E-state index in [0.717, 1.165) is 16.9 Å². The first-order valence-corrected chi connectivity index (χ1v) is 16.0. The Labute approximate surface area is 252 Å². The predicted molar refractivity (Wildman–Crippen MR) is 168 cm³/mol. The summed E-state index contributed by atoms with van der Waals surface area (Å²) in [5, 5.41) is 12.9. The molecule has 1 fully saturated rings. The van der Waals surface area contributed by atoms with Gasteiger partial charge in [-0.2, -0.15) is 5.10 Å². The Kier molecular flexibility index (Phi) is 8.71. The van der Waals surface area contributed by atoms with Crippen molar-refractivity contribution in [3.63, 3.8) is 0 Å². The molecule has 226 valence electrons. The van der Waals surface area contributed by atoms with E-state index in [-0.39, 0.29) is 16.2 Å². The number of aromatic nitrogens is 2. The number of hydrogen-bond donors (Lipinski definition) is 3. The Bertz CT molecular complexity index is 1690. The molecule has 2 amide bonds. The molecule has 0 saturated carbocycles. The molecule has 8 nitrogen and oxygen atoms in total. The number of rotatable bonds is 7. The first-order valence-electron chi connectivity index (χ1n) is 14.5. The fourth-order valence-corrected chi connectivity index (χ4v) is 7.59. The van der Waals surface area contributed by atoms with Crippen LogP contribution in [0.15, 0.2) is 83.8 Å². The lowest BCUT2D eigenvalue weighted by molar-refractivity contribution is 0.262. The fourth-order valence-electron chi connectivity index (χ4n) is 5.42. The van der Waals surface area contributed by atoms with Crippen LogP contribution >= 0.6 is 0 Å². The fraction of sp³-hybridized carbons (Fsp3) is 0.333. The number of urea groups is 1. The number of carbonyl (C=O) groups excluding carboxylic acids is 1. The van der Waals surface area contributed by atoms with Crippen molar-refractivity contribution < 1.29 is 17.6 Å². The van der Waals surface area contributed by atoms with Gasteiger partial charge in [0.15, 0.2) is 9.84 Å². The van der Waals surface area contributed by atoms with Crippen molar-refractivity contribution in [2.75, 3.05) is 23.7 Å². The second-order valence-corrected chi connectivity index (χ2v) is 14.1. The molecule has 4 aromatic rings. The molecule has 1 atom stereocenters. The van der Waals surface area contributed by atoms with E-state index in [1.165, 1.54) is 24.3 Å². The van der Waals surface area contributed by atoms with Gasteiger partial charge >= 0.3 is 6.03 Å². The molecule has 3 aromatic carbocycles. The molecular weight excluding hydrogens is 565 g/mol. The number of benzene rings is 3. The highest BCUT2D eigenvalue weighted by molar-refractivity contribution is 7.91. The van der Waals surface area contributed by atoms with Crippen LogP contribution in [0.3, 0.4) is 0 Å². The minimum atomic E-state index is -4.02. The van der Waals surface area contributed by atoms with E-state index in [4.69, 9.17) is 5.10 Å².